The minimum atomic E-state index is -3.58. The zero-order chi connectivity index (χ0) is 8.77. The molecular weight excluding hydrogens is 278 g/mol. The summed E-state index contributed by atoms with van der Waals surface area (Å²) in [4.78, 5) is 4.54. The maximum absolute atomic E-state index is 10.8. The fraction of sp³-hybridized carbons (Fsp3) is 0. The van der Waals surface area contributed by atoms with Crippen molar-refractivity contribution < 1.29 is 8.42 Å². The number of hydrogen-bond donors (Lipinski definition) is 1. The van der Waals surface area contributed by atoms with Gasteiger partial charge in [0.05, 0.1) is 0 Å². The van der Waals surface area contributed by atoms with Crippen molar-refractivity contribution in [2.75, 3.05) is 0 Å². The van der Waals surface area contributed by atoms with Crippen LogP contribution in [0.3, 0.4) is 0 Å². The lowest BCUT2D eigenvalue weighted by Crippen LogP contribution is -2.10. The van der Waals surface area contributed by atoms with E-state index in [4.69, 9.17) is 5.14 Å². The number of aromatic nitrogens is 2. The number of nitrogens with zero attached hydrogens (tertiary/aromatic N) is 2. The summed E-state index contributed by atoms with van der Waals surface area (Å²) in [5.41, 5.74) is 0. The number of sulfonamides is 1. The van der Waals surface area contributed by atoms with Crippen LogP contribution in [0.4, 0.5) is 0 Å². The van der Waals surface area contributed by atoms with Crippen LogP contribution in [0.2, 0.25) is 0 Å². The van der Waals surface area contributed by atoms with E-state index in [1.165, 1.54) is 6.20 Å². The number of hydrogen-bond acceptors (Lipinski definition) is 4. The van der Waals surface area contributed by atoms with Gasteiger partial charge in [-0.1, -0.05) is 11.3 Å². The Kier molecular flexibility index (Phi) is 2.76. The lowest BCUT2D eigenvalue weighted by atomic mass is 10.9. The molecule has 2 heterocycles. The van der Waals surface area contributed by atoms with Crippen molar-refractivity contribution in [2.45, 2.75) is 4.21 Å². The van der Waals surface area contributed by atoms with Crippen LogP contribution in [-0.4, -0.2) is 17.8 Å². The highest BCUT2D eigenvalue weighted by Crippen LogP contribution is 2.19. The molecule has 0 aromatic carbocycles. The summed E-state index contributed by atoms with van der Waals surface area (Å²) in [5.74, 6) is 0. The maximum Gasteiger partial charge on any atom is 0.249 e. The first-order chi connectivity index (χ1) is 5.57. The molecule has 2 aromatic rings. The summed E-state index contributed by atoms with van der Waals surface area (Å²) in [7, 11) is -3.58. The fourth-order valence-corrected chi connectivity index (χ4v) is 2.47. The van der Waals surface area contributed by atoms with Crippen LogP contribution in [0.5, 0.6) is 0 Å². The molecule has 0 aliphatic rings. The molecule has 0 spiro atoms. The summed E-state index contributed by atoms with van der Waals surface area (Å²) < 4.78 is 23.4. The van der Waals surface area contributed by atoms with Crippen molar-refractivity contribution in [3.05, 3.63) is 18.6 Å². The number of halogens is 1. The first kappa shape index (κ1) is 10.6. The molecule has 0 unspecified atom stereocenters. The van der Waals surface area contributed by atoms with Gasteiger partial charge < -0.3 is 0 Å². The zero-order valence-electron chi connectivity index (χ0n) is 6.25. The van der Waals surface area contributed by atoms with Crippen LogP contribution in [0.1, 0.15) is 0 Å². The molecule has 8 heteroatoms. The van der Waals surface area contributed by atoms with E-state index in [9.17, 15) is 8.42 Å². The third kappa shape index (κ3) is 1.90. The molecule has 13 heavy (non-hydrogen) atoms. The average molecular weight is 284 g/mol. The number of nitrogens with two attached hydrogens (primary N) is 1. The summed E-state index contributed by atoms with van der Waals surface area (Å²) in [6.45, 7) is 0. The van der Waals surface area contributed by atoms with Gasteiger partial charge in [0.15, 0.2) is 9.17 Å². The molecule has 0 atom stereocenters. The van der Waals surface area contributed by atoms with Crippen LogP contribution < -0.4 is 5.14 Å². The van der Waals surface area contributed by atoms with Crippen LogP contribution in [-0.2, 0) is 10.0 Å². The molecule has 0 saturated heterocycles. The van der Waals surface area contributed by atoms with Crippen molar-refractivity contribution in [1.82, 2.24) is 9.38 Å². The monoisotopic (exact) mass is 283 g/mol. The van der Waals surface area contributed by atoms with E-state index in [2.05, 4.69) is 4.98 Å². The van der Waals surface area contributed by atoms with Crippen LogP contribution in [0.25, 0.3) is 4.96 Å². The van der Waals surface area contributed by atoms with Gasteiger partial charge in [-0.2, -0.15) is 0 Å². The summed E-state index contributed by atoms with van der Waals surface area (Å²) in [6.07, 6.45) is 4.71. The van der Waals surface area contributed by atoms with Gasteiger partial charge >= 0.3 is 0 Å². The van der Waals surface area contributed by atoms with Crippen molar-refractivity contribution >= 4 is 43.3 Å². The van der Waals surface area contributed by atoms with Crippen molar-refractivity contribution in [3.8, 4) is 0 Å². The highest BCUT2D eigenvalue weighted by atomic mass is 79.9. The average Bonchev–Trinajstić information content (AvgIpc) is 2.37. The molecule has 0 aliphatic heterocycles. The number of thiazole rings is 1. The SMILES string of the molecule is Br.NS(=O)(=O)c1cn2ccnc2s1. The Morgan fingerprint density at radius 3 is 2.77 bits per heavy atom. The third-order valence-electron chi connectivity index (χ3n) is 1.35. The molecule has 0 radical (unpaired) electrons. The van der Waals surface area contributed by atoms with Gasteiger partial charge in [-0.3, -0.25) is 4.40 Å². The first-order valence-corrected chi connectivity index (χ1v) is 5.39. The van der Waals surface area contributed by atoms with E-state index in [-0.39, 0.29) is 21.2 Å². The summed E-state index contributed by atoms with van der Waals surface area (Å²) >= 11 is 1.05. The van der Waals surface area contributed by atoms with E-state index in [0.29, 0.717) is 4.96 Å². The van der Waals surface area contributed by atoms with E-state index in [0.717, 1.165) is 11.3 Å². The van der Waals surface area contributed by atoms with E-state index in [1.54, 1.807) is 16.8 Å². The van der Waals surface area contributed by atoms with Crippen LogP contribution in [0, 0.1) is 0 Å². The highest BCUT2D eigenvalue weighted by molar-refractivity contribution is 8.93. The zero-order valence-corrected chi connectivity index (χ0v) is 9.59. The molecule has 5 nitrogen and oxygen atoms in total. The van der Waals surface area contributed by atoms with E-state index >= 15 is 0 Å². The van der Waals surface area contributed by atoms with Gasteiger partial charge in [0, 0.05) is 18.6 Å². The van der Waals surface area contributed by atoms with Crippen LogP contribution in [0.15, 0.2) is 22.8 Å². The van der Waals surface area contributed by atoms with Crippen molar-refractivity contribution in [2.24, 2.45) is 5.14 Å². The Morgan fingerprint density at radius 1 is 1.54 bits per heavy atom. The second-order valence-electron chi connectivity index (χ2n) is 2.21. The number of rotatable bonds is 1. The molecule has 0 bridgehead atoms. The minimum absolute atomic E-state index is 0. The smallest absolute Gasteiger partial charge is 0.249 e. The molecule has 72 valence electrons. The maximum atomic E-state index is 10.8. The highest BCUT2D eigenvalue weighted by Gasteiger charge is 2.12. The van der Waals surface area contributed by atoms with Crippen LogP contribution >= 0.6 is 28.3 Å². The predicted molar refractivity (Wildman–Crippen MR) is 54.8 cm³/mol. The van der Waals surface area contributed by atoms with Crippen molar-refractivity contribution in [1.29, 1.82) is 0 Å². The molecular formula is C5H6BrN3O2S2. The Bertz CT molecular complexity index is 486. The number of primary sulfonamides is 1. The number of fused-ring (bicyclic) bond motifs is 1. The molecule has 0 fully saturated rings. The van der Waals surface area contributed by atoms with E-state index in [1.807, 2.05) is 0 Å². The quantitative estimate of drug-likeness (QED) is 0.834. The lowest BCUT2D eigenvalue weighted by molar-refractivity contribution is 0.599. The fourth-order valence-electron chi connectivity index (χ4n) is 0.838. The van der Waals surface area contributed by atoms with Gasteiger partial charge in [-0.05, 0) is 0 Å². The Balaban J connectivity index is 0.000000845. The van der Waals surface area contributed by atoms with Crippen molar-refractivity contribution in [3.63, 3.8) is 0 Å². The predicted octanol–water partition coefficient (Wildman–Crippen LogP) is 0.621. The van der Waals surface area contributed by atoms with E-state index < -0.39 is 10.0 Å². The van der Waals surface area contributed by atoms with Gasteiger partial charge in [0.1, 0.15) is 0 Å². The summed E-state index contributed by atoms with van der Waals surface area (Å²) in [5, 5.41) is 4.92. The molecule has 2 N–H and O–H groups in total. The molecule has 0 saturated carbocycles. The second kappa shape index (κ2) is 3.37. The standard InChI is InChI=1S/C5H5N3O2S2.BrH/c6-12(9,10)4-3-8-2-1-7-5(8)11-4;/h1-3H,(H2,6,9,10);1H. The van der Waals surface area contributed by atoms with Gasteiger partial charge in [-0.15, -0.1) is 17.0 Å². The van der Waals surface area contributed by atoms with Gasteiger partial charge in [0.25, 0.3) is 0 Å². The topological polar surface area (TPSA) is 77.5 Å². The van der Waals surface area contributed by atoms with Gasteiger partial charge in [0.2, 0.25) is 10.0 Å². The normalized spacial score (nSPS) is 11.5. The molecule has 2 aromatic heterocycles. The number of imidazole rings is 1. The van der Waals surface area contributed by atoms with Gasteiger partial charge in [-0.25, -0.2) is 18.5 Å². The Hall–Kier alpha value is -0.440. The Labute approximate surface area is 89.0 Å². The summed E-state index contributed by atoms with van der Waals surface area (Å²) in [6, 6.07) is 0. The molecule has 0 amide bonds. The largest absolute Gasteiger partial charge is 0.296 e. The lowest BCUT2D eigenvalue weighted by Gasteiger charge is -1.86. The second-order valence-corrected chi connectivity index (χ2v) is 5.01. The molecule has 2 rings (SSSR count). The Morgan fingerprint density at radius 2 is 2.23 bits per heavy atom. The first-order valence-electron chi connectivity index (χ1n) is 3.03. The minimum Gasteiger partial charge on any atom is -0.296 e. The third-order valence-corrected chi connectivity index (χ3v) is 3.77. The molecule has 0 aliphatic carbocycles.